The summed E-state index contributed by atoms with van der Waals surface area (Å²) in [4.78, 5) is 6.60. The van der Waals surface area contributed by atoms with Crippen LogP contribution in [0.2, 0.25) is 0 Å². The quantitative estimate of drug-likeness (QED) is 0.794. The van der Waals surface area contributed by atoms with Crippen LogP contribution in [0.5, 0.6) is 0 Å². The average molecular weight is 193 g/mol. The zero-order chi connectivity index (χ0) is 10.6. The summed E-state index contributed by atoms with van der Waals surface area (Å²) in [6.07, 6.45) is 1.86. The monoisotopic (exact) mass is 193 g/mol. The molecule has 1 atom stereocenters. The first-order valence-corrected chi connectivity index (χ1v) is 5.15. The van der Waals surface area contributed by atoms with E-state index in [9.17, 15) is 0 Å². The third kappa shape index (κ3) is 2.45. The molecule has 1 rings (SSSR count). The van der Waals surface area contributed by atoms with E-state index < -0.39 is 0 Å². The molecular weight excluding hydrogens is 174 g/mol. The predicted molar refractivity (Wildman–Crippen MR) is 60.4 cm³/mol. The molecule has 0 radical (unpaired) electrons. The Morgan fingerprint density at radius 3 is 2.36 bits per heavy atom. The highest BCUT2D eigenvalue weighted by atomic mass is 15.2. The van der Waals surface area contributed by atoms with E-state index in [0.717, 1.165) is 24.5 Å². The van der Waals surface area contributed by atoms with E-state index in [1.807, 2.05) is 25.3 Å². The molecular formula is C11H19N3. The molecule has 0 unspecified atom stereocenters. The number of anilines is 1. The van der Waals surface area contributed by atoms with Crippen LogP contribution in [-0.2, 0) is 0 Å². The normalized spacial score (nSPS) is 12.6. The SMILES string of the molecule is CCN(CC)c1ccc([C@H](C)N)cn1. The zero-order valence-corrected chi connectivity index (χ0v) is 9.20. The number of pyridine rings is 1. The molecule has 2 N–H and O–H groups in total. The summed E-state index contributed by atoms with van der Waals surface area (Å²) in [6, 6.07) is 4.14. The van der Waals surface area contributed by atoms with E-state index in [0.29, 0.717) is 0 Å². The smallest absolute Gasteiger partial charge is 0.128 e. The molecule has 0 fully saturated rings. The third-order valence-corrected chi connectivity index (χ3v) is 2.38. The molecule has 0 bridgehead atoms. The van der Waals surface area contributed by atoms with Crippen LogP contribution in [0.25, 0.3) is 0 Å². The maximum atomic E-state index is 5.75. The van der Waals surface area contributed by atoms with Gasteiger partial charge in [-0.3, -0.25) is 0 Å². The molecule has 0 aromatic carbocycles. The van der Waals surface area contributed by atoms with Gasteiger partial charge in [0.15, 0.2) is 0 Å². The summed E-state index contributed by atoms with van der Waals surface area (Å²) in [6.45, 7) is 8.20. The van der Waals surface area contributed by atoms with Crippen LogP contribution in [0, 0.1) is 0 Å². The highest BCUT2D eigenvalue weighted by Crippen LogP contribution is 2.13. The summed E-state index contributed by atoms with van der Waals surface area (Å²) in [5.74, 6) is 1.03. The van der Waals surface area contributed by atoms with Crippen molar-refractivity contribution in [3.63, 3.8) is 0 Å². The Morgan fingerprint density at radius 1 is 1.36 bits per heavy atom. The average Bonchev–Trinajstić information content (AvgIpc) is 2.20. The molecule has 14 heavy (non-hydrogen) atoms. The van der Waals surface area contributed by atoms with E-state index in [1.54, 1.807) is 0 Å². The Balaban J connectivity index is 2.81. The number of nitrogens with two attached hydrogens (primary N) is 1. The minimum Gasteiger partial charge on any atom is -0.357 e. The molecule has 0 spiro atoms. The standard InChI is InChI=1S/C11H19N3/c1-4-14(5-2)11-7-6-10(8-13-11)9(3)12/h6-9H,4-5,12H2,1-3H3/t9-/m0/s1. The van der Waals surface area contributed by atoms with Gasteiger partial charge in [0.05, 0.1) is 0 Å². The van der Waals surface area contributed by atoms with Crippen molar-refractivity contribution in [2.75, 3.05) is 18.0 Å². The van der Waals surface area contributed by atoms with Gasteiger partial charge in [0, 0.05) is 25.3 Å². The highest BCUT2D eigenvalue weighted by Gasteiger charge is 2.04. The zero-order valence-electron chi connectivity index (χ0n) is 9.20. The van der Waals surface area contributed by atoms with Crippen molar-refractivity contribution in [1.29, 1.82) is 0 Å². The van der Waals surface area contributed by atoms with Crippen LogP contribution in [0.15, 0.2) is 18.3 Å². The van der Waals surface area contributed by atoms with E-state index >= 15 is 0 Å². The fraction of sp³-hybridized carbons (Fsp3) is 0.545. The van der Waals surface area contributed by atoms with E-state index in [1.165, 1.54) is 0 Å². The minimum absolute atomic E-state index is 0.0632. The fourth-order valence-electron chi connectivity index (χ4n) is 1.40. The van der Waals surface area contributed by atoms with Crippen LogP contribution < -0.4 is 10.6 Å². The van der Waals surface area contributed by atoms with Gasteiger partial charge in [-0.2, -0.15) is 0 Å². The van der Waals surface area contributed by atoms with E-state index in [4.69, 9.17) is 5.73 Å². The first-order chi connectivity index (χ1) is 6.69. The molecule has 0 aliphatic rings. The van der Waals surface area contributed by atoms with Gasteiger partial charge in [0.25, 0.3) is 0 Å². The van der Waals surface area contributed by atoms with Crippen LogP contribution in [0.3, 0.4) is 0 Å². The Hall–Kier alpha value is -1.09. The van der Waals surface area contributed by atoms with Gasteiger partial charge in [-0.15, -0.1) is 0 Å². The minimum atomic E-state index is 0.0632. The number of aromatic nitrogens is 1. The van der Waals surface area contributed by atoms with Crippen molar-refractivity contribution in [2.24, 2.45) is 5.73 Å². The molecule has 0 aliphatic carbocycles. The molecule has 0 amide bonds. The summed E-state index contributed by atoms with van der Waals surface area (Å²) in [7, 11) is 0. The largest absolute Gasteiger partial charge is 0.357 e. The number of hydrogen-bond acceptors (Lipinski definition) is 3. The number of hydrogen-bond donors (Lipinski definition) is 1. The van der Waals surface area contributed by atoms with Gasteiger partial charge in [-0.25, -0.2) is 4.98 Å². The number of nitrogens with zero attached hydrogens (tertiary/aromatic N) is 2. The topological polar surface area (TPSA) is 42.1 Å². The number of rotatable bonds is 4. The summed E-state index contributed by atoms with van der Waals surface area (Å²) in [5.41, 5.74) is 6.84. The fourth-order valence-corrected chi connectivity index (χ4v) is 1.40. The first-order valence-electron chi connectivity index (χ1n) is 5.15. The first kappa shape index (κ1) is 11.0. The van der Waals surface area contributed by atoms with Crippen LogP contribution >= 0.6 is 0 Å². The van der Waals surface area contributed by atoms with Crippen LogP contribution in [-0.4, -0.2) is 18.1 Å². The van der Waals surface area contributed by atoms with Gasteiger partial charge in [0.1, 0.15) is 5.82 Å². The van der Waals surface area contributed by atoms with Gasteiger partial charge in [-0.1, -0.05) is 6.07 Å². The lowest BCUT2D eigenvalue weighted by atomic mass is 10.1. The van der Waals surface area contributed by atoms with Crippen molar-refractivity contribution in [1.82, 2.24) is 4.98 Å². The summed E-state index contributed by atoms with van der Waals surface area (Å²) < 4.78 is 0. The van der Waals surface area contributed by atoms with Crippen molar-refractivity contribution in [3.05, 3.63) is 23.9 Å². The highest BCUT2D eigenvalue weighted by molar-refractivity contribution is 5.39. The van der Waals surface area contributed by atoms with Gasteiger partial charge < -0.3 is 10.6 Å². The molecule has 0 aliphatic heterocycles. The molecule has 1 aromatic heterocycles. The van der Waals surface area contributed by atoms with Gasteiger partial charge in [-0.05, 0) is 32.4 Å². The summed E-state index contributed by atoms with van der Waals surface area (Å²) in [5, 5.41) is 0. The van der Waals surface area contributed by atoms with Crippen LogP contribution in [0.4, 0.5) is 5.82 Å². The second kappa shape index (κ2) is 4.96. The molecule has 0 saturated heterocycles. The maximum absolute atomic E-state index is 5.75. The predicted octanol–water partition coefficient (Wildman–Crippen LogP) is 1.95. The lowest BCUT2D eigenvalue weighted by Gasteiger charge is -2.19. The molecule has 78 valence electrons. The lowest BCUT2D eigenvalue weighted by molar-refractivity contribution is 0.802. The van der Waals surface area contributed by atoms with Gasteiger partial charge in [0.2, 0.25) is 0 Å². The second-order valence-electron chi connectivity index (χ2n) is 3.41. The van der Waals surface area contributed by atoms with E-state index in [2.05, 4.69) is 23.7 Å². The van der Waals surface area contributed by atoms with E-state index in [-0.39, 0.29) is 6.04 Å². The molecule has 0 saturated carbocycles. The Kier molecular flexibility index (Phi) is 3.89. The molecule has 1 heterocycles. The van der Waals surface area contributed by atoms with Crippen molar-refractivity contribution in [2.45, 2.75) is 26.8 Å². The molecule has 3 heteroatoms. The summed E-state index contributed by atoms with van der Waals surface area (Å²) >= 11 is 0. The van der Waals surface area contributed by atoms with Gasteiger partial charge >= 0.3 is 0 Å². The second-order valence-corrected chi connectivity index (χ2v) is 3.41. The Bertz CT molecular complexity index is 262. The molecule has 3 nitrogen and oxygen atoms in total. The lowest BCUT2D eigenvalue weighted by Crippen LogP contribution is -2.23. The van der Waals surface area contributed by atoms with Crippen molar-refractivity contribution in [3.8, 4) is 0 Å². The Morgan fingerprint density at radius 2 is 2.00 bits per heavy atom. The maximum Gasteiger partial charge on any atom is 0.128 e. The van der Waals surface area contributed by atoms with Crippen molar-refractivity contribution < 1.29 is 0 Å². The third-order valence-electron chi connectivity index (χ3n) is 2.38. The Labute approximate surface area is 85.9 Å². The van der Waals surface area contributed by atoms with Crippen molar-refractivity contribution >= 4 is 5.82 Å². The molecule has 1 aromatic rings. The van der Waals surface area contributed by atoms with Crippen LogP contribution in [0.1, 0.15) is 32.4 Å².